The molecular weight excluding hydrogens is 322 g/mol. The summed E-state index contributed by atoms with van der Waals surface area (Å²) in [5, 5.41) is 4.42. The van der Waals surface area contributed by atoms with Crippen LogP contribution in [0, 0.1) is 6.92 Å². The minimum absolute atomic E-state index is 0.174. The van der Waals surface area contributed by atoms with Crippen molar-refractivity contribution in [3.63, 3.8) is 0 Å². The van der Waals surface area contributed by atoms with E-state index in [4.69, 9.17) is 4.74 Å². The van der Waals surface area contributed by atoms with E-state index in [1.807, 2.05) is 18.7 Å². The summed E-state index contributed by atoms with van der Waals surface area (Å²) in [6.07, 6.45) is 4.80. The van der Waals surface area contributed by atoms with Crippen molar-refractivity contribution in [2.24, 2.45) is 7.05 Å². The average Bonchev–Trinajstić information content (AvgIpc) is 3.02. The van der Waals surface area contributed by atoms with Crippen molar-refractivity contribution in [2.75, 3.05) is 13.7 Å². The van der Waals surface area contributed by atoms with Crippen molar-refractivity contribution >= 4 is 21.9 Å². The number of esters is 1. The summed E-state index contributed by atoms with van der Waals surface area (Å²) in [4.78, 5) is 13.9. The van der Waals surface area contributed by atoms with Gasteiger partial charge < -0.3 is 4.74 Å². The van der Waals surface area contributed by atoms with Gasteiger partial charge in [-0.3, -0.25) is 14.4 Å². The Morgan fingerprint density at radius 2 is 2.15 bits per heavy atom. The normalized spacial score (nSPS) is 16.1. The number of halogens is 1. The van der Waals surface area contributed by atoms with Crippen LogP contribution in [0.5, 0.6) is 0 Å². The van der Waals surface area contributed by atoms with Crippen LogP contribution in [-0.2, 0) is 23.1 Å². The van der Waals surface area contributed by atoms with Gasteiger partial charge in [-0.05, 0) is 35.7 Å². The summed E-state index contributed by atoms with van der Waals surface area (Å²) >= 11 is 3.60. The van der Waals surface area contributed by atoms with Crippen LogP contribution in [0.1, 0.15) is 37.1 Å². The summed E-state index contributed by atoms with van der Waals surface area (Å²) in [6.45, 7) is 3.04. The number of aromatic nitrogens is 2. The molecule has 0 bridgehead atoms. The molecule has 20 heavy (non-hydrogen) atoms. The number of hydrogen-bond donors (Lipinski definition) is 0. The van der Waals surface area contributed by atoms with Gasteiger partial charge in [0.2, 0.25) is 0 Å². The van der Waals surface area contributed by atoms with Crippen molar-refractivity contribution in [3.05, 3.63) is 15.9 Å². The molecule has 0 unspecified atom stereocenters. The SMILES string of the molecule is COC(=O)CN(Cc1c(Br)c(C)nn1C)C1CCCC1. The van der Waals surface area contributed by atoms with E-state index in [9.17, 15) is 4.79 Å². The van der Waals surface area contributed by atoms with E-state index in [0.717, 1.165) is 35.2 Å². The molecule has 0 amide bonds. The second-order valence-corrected chi connectivity index (χ2v) is 6.18. The zero-order valence-electron chi connectivity index (χ0n) is 12.4. The Labute approximate surface area is 128 Å². The first kappa shape index (κ1) is 15.5. The molecule has 0 aliphatic heterocycles. The topological polar surface area (TPSA) is 47.4 Å². The van der Waals surface area contributed by atoms with Gasteiger partial charge in [0.05, 0.1) is 29.5 Å². The minimum atomic E-state index is -0.174. The number of nitrogens with zero attached hydrogens (tertiary/aromatic N) is 3. The van der Waals surface area contributed by atoms with E-state index >= 15 is 0 Å². The van der Waals surface area contributed by atoms with E-state index in [2.05, 4.69) is 25.9 Å². The van der Waals surface area contributed by atoms with Crippen molar-refractivity contribution in [1.82, 2.24) is 14.7 Å². The van der Waals surface area contributed by atoms with Crippen LogP contribution in [0.3, 0.4) is 0 Å². The first-order chi connectivity index (χ1) is 9.52. The lowest BCUT2D eigenvalue weighted by molar-refractivity contribution is -0.142. The van der Waals surface area contributed by atoms with Gasteiger partial charge in [-0.25, -0.2) is 0 Å². The fraction of sp³-hybridized carbons (Fsp3) is 0.714. The van der Waals surface area contributed by atoms with Crippen LogP contribution in [0.15, 0.2) is 4.47 Å². The molecule has 1 saturated carbocycles. The van der Waals surface area contributed by atoms with Crippen LogP contribution in [0.25, 0.3) is 0 Å². The highest BCUT2D eigenvalue weighted by Gasteiger charge is 2.26. The second kappa shape index (κ2) is 6.72. The van der Waals surface area contributed by atoms with Crippen molar-refractivity contribution in [1.29, 1.82) is 0 Å². The summed E-state index contributed by atoms with van der Waals surface area (Å²) in [5.74, 6) is -0.174. The Morgan fingerprint density at radius 3 is 2.65 bits per heavy atom. The summed E-state index contributed by atoms with van der Waals surface area (Å²) < 4.78 is 7.75. The number of carbonyl (C=O) groups is 1. The monoisotopic (exact) mass is 343 g/mol. The molecule has 1 fully saturated rings. The third kappa shape index (κ3) is 3.41. The zero-order chi connectivity index (χ0) is 14.7. The van der Waals surface area contributed by atoms with E-state index in [-0.39, 0.29) is 5.97 Å². The first-order valence-electron chi connectivity index (χ1n) is 7.01. The van der Waals surface area contributed by atoms with E-state index < -0.39 is 0 Å². The number of rotatable bonds is 5. The standard InChI is InChI=1S/C14H22BrN3O2/c1-10-14(15)12(17(2)16-10)8-18(9-13(19)20-3)11-6-4-5-7-11/h11H,4-9H2,1-3H3. The van der Waals surface area contributed by atoms with Crippen molar-refractivity contribution in [3.8, 4) is 0 Å². The third-order valence-electron chi connectivity index (χ3n) is 4.02. The lowest BCUT2D eigenvalue weighted by Gasteiger charge is -2.27. The number of ether oxygens (including phenoxy) is 1. The summed E-state index contributed by atoms with van der Waals surface area (Å²) in [6, 6.07) is 0.469. The number of hydrogen-bond acceptors (Lipinski definition) is 4. The maximum absolute atomic E-state index is 11.6. The van der Waals surface area contributed by atoms with E-state index in [0.29, 0.717) is 12.6 Å². The third-order valence-corrected chi connectivity index (χ3v) is 5.05. The molecule has 0 atom stereocenters. The fourth-order valence-electron chi connectivity index (χ4n) is 2.86. The zero-order valence-corrected chi connectivity index (χ0v) is 13.9. The quantitative estimate of drug-likeness (QED) is 0.770. The molecule has 1 heterocycles. The van der Waals surface area contributed by atoms with Crippen LogP contribution in [0.4, 0.5) is 0 Å². The van der Waals surface area contributed by atoms with E-state index in [1.165, 1.54) is 20.0 Å². The first-order valence-corrected chi connectivity index (χ1v) is 7.81. The van der Waals surface area contributed by atoms with Crippen molar-refractivity contribution < 1.29 is 9.53 Å². The molecule has 2 rings (SSSR count). The smallest absolute Gasteiger partial charge is 0.319 e. The van der Waals surface area contributed by atoms with Crippen LogP contribution >= 0.6 is 15.9 Å². The lowest BCUT2D eigenvalue weighted by Crippen LogP contribution is -2.38. The highest BCUT2D eigenvalue weighted by atomic mass is 79.9. The highest BCUT2D eigenvalue weighted by Crippen LogP contribution is 2.27. The molecule has 112 valence electrons. The Kier molecular flexibility index (Phi) is 5.21. The molecular formula is C14H22BrN3O2. The Balaban J connectivity index is 2.15. The molecule has 1 aromatic rings. The molecule has 1 aliphatic rings. The Hall–Kier alpha value is -0.880. The van der Waals surface area contributed by atoms with Gasteiger partial charge in [0.1, 0.15) is 0 Å². The molecule has 0 N–H and O–H groups in total. The van der Waals surface area contributed by atoms with Gasteiger partial charge in [-0.1, -0.05) is 12.8 Å². The summed E-state index contributed by atoms with van der Waals surface area (Å²) in [5.41, 5.74) is 2.09. The average molecular weight is 344 g/mol. The van der Waals surface area contributed by atoms with Gasteiger partial charge >= 0.3 is 5.97 Å². The molecule has 0 saturated heterocycles. The van der Waals surface area contributed by atoms with Gasteiger partial charge in [-0.2, -0.15) is 5.10 Å². The van der Waals surface area contributed by atoms with E-state index in [1.54, 1.807) is 0 Å². The lowest BCUT2D eigenvalue weighted by atomic mass is 10.2. The predicted molar refractivity (Wildman–Crippen MR) is 80.3 cm³/mol. The largest absolute Gasteiger partial charge is 0.468 e. The summed E-state index contributed by atoms with van der Waals surface area (Å²) in [7, 11) is 3.39. The molecule has 5 nitrogen and oxygen atoms in total. The Morgan fingerprint density at radius 1 is 1.50 bits per heavy atom. The van der Waals surface area contributed by atoms with Crippen LogP contribution < -0.4 is 0 Å². The second-order valence-electron chi connectivity index (χ2n) is 5.39. The van der Waals surface area contributed by atoms with Gasteiger partial charge in [0.15, 0.2) is 0 Å². The maximum atomic E-state index is 11.6. The number of methoxy groups -OCH3 is 1. The van der Waals surface area contributed by atoms with Crippen LogP contribution in [-0.4, -0.2) is 40.3 Å². The van der Waals surface area contributed by atoms with Crippen molar-refractivity contribution in [2.45, 2.75) is 45.2 Å². The number of carbonyl (C=O) groups excluding carboxylic acids is 1. The predicted octanol–water partition coefficient (Wildman–Crippen LogP) is 2.41. The molecule has 6 heteroatoms. The molecule has 1 aromatic heterocycles. The fourth-order valence-corrected chi connectivity index (χ4v) is 3.32. The molecule has 0 spiro atoms. The van der Waals surface area contributed by atoms with Gasteiger partial charge in [0, 0.05) is 19.6 Å². The molecule has 1 aliphatic carbocycles. The van der Waals surface area contributed by atoms with Crippen LogP contribution in [0.2, 0.25) is 0 Å². The molecule has 0 radical (unpaired) electrons. The molecule has 0 aromatic carbocycles. The number of aryl methyl sites for hydroxylation is 2. The van der Waals surface area contributed by atoms with Gasteiger partial charge in [-0.15, -0.1) is 0 Å². The highest BCUT2D eigenvalue weighted by molar-refractivity contribution is 9.10. The minimum Gasteiger partial charge on any atom is -0.468 e. The van der Waals surface area contributed by atoms with Gasteiger partial charge in [0.25, 0.3) is 0 Å². The maximum Gasteiger partial charge on any atom is 0.319 e. The Bertz CT molecular complexity index is 481.